The Morgan fingerprint density at radius 1 is 0.750 bits per heavy atom. The first-order chi connectivity index (χ1) is 18.7. The molecule has 1 amide bonds. The van der Waals surface area contributed by atoms with Gasteiger partial charge in [0.25, 0.3) is 0 Å². The number of anilines is 1. The molecule has 0 aliphatic carbocycles. The average molecular weight is 572 g/mol. The van der Waals surface area contributed by atoms with E-state index in [1.807, 2.05) is 81.5 Å². The molecule has 0 heterocycles. The van der Waals surface area contributed by atoms with Crippen LogP contribution in [0.25, 0.3) is 12.2 Å². The molecule has 2 rings (SSSR count). The Bertz CT molecular complexity index is 1050. The summed E-state index contributed by atoms with van der Waals surface area (Å²) in [6.07, 6.45) is 3.69. The van der Waals surface area contributed by atoms with E-state index in [1.54, 1.807) is 7.05 Å². The summed E-state index contributed by atoms with van der Waals surface area (Å²) in [4.78, 5) is 13.8. The van der Waals surface area contributed by atoms with Crippen molar-refractivity contribution in [1.29, 1.82) is 0 Å². The largest absolute Gasteiger partial charge is 0.491 e. The van der Waals surface area contributed by atoms with E-state index in [0.29, 0.717) is 39.6 Å². The molecule has 0 saturated heterocycles. The second-order valence-electron chi connectivity index (χ2n) is 12.2. The highest BCUT2D eigenvalue weighted by molar-refractivity contribution is 6.74. The van der Waals surface area contributed by atoms with Crippen molar-refractivity contribution in [3.63, 3.8) is 0 Å². The predicted octanol–water partition coefficient (Wildman–Crippen LogP) is 7.66. The minimum atomic E-state index is -1.71. The number of amides is 1. The Morgan fingerprint density at radius 3 is 1.73 bits per heavy atom. The topological polar surface area (TPSA) is 66.5 Å². The quantitative estimate of drug-likeness (QED) is 0.132. The summed E-state index contributed by atoms with van der Waals surface area (Å²) in [6, 6.07) is 15.7. The van der Waals surface area contributed by atoms with Gasteiger partial charge in [-0.3, -0.25) is 4.90 Å². The molecule has 0 aliphatic rings. The van der Waals surface area contributed by atoms with Crippen molar-refractivity contribution in [1.82, 2.24) is 0 Å². The molecule has 0 bridgehead atoms. The minimum Gasteiger partial charge on any atom is -0.491 e. The molecule has 2 aromatic carbocycles. The molecule has 0 saturated carbocycles. The average Bonchev–Trinajstić information content (AvgIpc) is 2.87. The third kappa shape index (κ3) is 12.2. The van der Waals surface area contributed by atoms with Crippen LogP contribution in [0.1, 0.15) is 52.7 Å². The maximum Gasteiger partial charge on any atom is 0.414 e. The molecule has 0 spiro atoms. The van der Waals surface area contributed by atoms with Crippen molar-refractivity contribution in [2.75, 3.05) is 51.6 Å². The van der Waals surface area contributed by atoms with Gasteiger partial charge in [-0.2, -0.15) is 0 Å². The third-order valence-electron chi connectivity index (χ3n) is 6.66. The van der Waals surface area contributed by atoms with Gasteiger partial charge >= 0.3 is 6.09 Å². The minimum absolute atomic E-state index is 0.213. The van der Waals surface area contributed by atoms with E-state index in [-0.39, 0.29) is 11.1 Å². The van der Waals surface area contributed by atoms with Crippen molar-refractivity contribution in [3.05, 3.63) is 59.7 Å². The molecule has 0 N–H and O–H groups in total. The molecule has 0 radical (unpaired) electrons. The van der Waals surface area contributed by atoms with Gasteiger partial charge in [-0.1, -0.05) is 57.2 Å². The number of hydrogen-bond acceptors (Lipinski definition) is 6. The lowest BCUT2D eigenvalue weighted by atomic mass is 10.1. The van der Waals surface area contributed by atoms with Crippen LogP contribution >= 0.6 is 0 Å². The molecule has 0 fully saturated rings. The molecule has 2 aromatic rings. The Labute approximate surface area is 242 Å². The highest BCUT2D eigenvalue weighted by Crippen LogP contribution is 2.36. The summed E-state index contributed by atoms with van der Waals surface area (Å²) in [5, 5.41) is 0.213. The van der Waals surface area contributed by atoms with E-state index in [9.17, 15) is 4.79 Å². The van der Waals surface area contributed by atoms with E-state index in [4.69, 9.17) is 23.4 Å². The smallest absolute Gasteiger partial charge is 0.414 e. The lowest BCUT2D eigenvalue weighted by Crippen LogP contribution is -2.41. The van der Waals surface area contributed by atoms with Crippen LogP contribution < -0.4 is 9.64 Å². The second kappa shape index (κ2) is 15.4. The van der Waals surface area contributed by atoms with Gasteiger partial charge in [-0.15, -0.1) is 0 Å². The zero-order chi connectivity index (χ0) is 29.8. The van der Waals surface area contributed by atoms with E-state index < -0.39 is 13.9 Å². The zero-order valence-corrected chi connectivity index (χ0v) is 26.9. The lowest BCUT2D eigenvalue weighted by Gasteiger charge is -2.36. The van der Waals surface area contributed by atoms with Crippen LogP contribution in [0.3, 0.4) is 0 Å². The van der Waals surface area contributed by atoms with Crippen LogP contribution in [-0.2, 0) is 18.6 Å². The van der Waals surface area contributed by atoms with E-state index in [0.717, 1.165) is 22.6 Å². The molecular weight excluding hydrogens is 522 g/mol. The Kier molecular flexibility index (Phi) is 12.9. The molecule has 0 unspecified atom stereocenters. The van der Waals surface area contributed by atoms with Crippen LogP contribution in [0.5, 0.6) is 5.75 Å². The highest BCUT2D eigenvalue weighted by Gasteiger charge is 2.36. The molecule has 7 nitrogen and oxygen atoms in total. The fourth-order valence-corrected chi connectivity index (χ4v) is 4.25. The van der Waals surface area contributed by atoms with Crippen molar-refractivity contribution in [3.8, 4) is 5.75 Å². The molecular formula is C32H49NO6Si. The molecule has 0 aliphatic heterocycles. The first kappa shape index (κ1) is 33.6. The second-order valence-corrected chi connectivity index (χ2v) is 17.0. The van der Waals surface area contributed by atoms with Gasteiger partial charge in [-0.25, -0.2) is 4.79 Å². The van der Waals surface area contributed by atoms with Gasteiger partial charge < -0.3 is 23.4 Å². The fourth-order valence-electron chi connectivity index (χ4n) is 3.23. The number of carbonyl (C=O) groups is 1. The predicted molar refractivity (Wildman–Crippen MR) is 167 cm³/mol. The molecule has 40 heavy (non-hydrogen) atoms. The highest BCUT2D eigenvalue weighted by atomic mass is 28.4. The number of benzene rings is 2. The SMILES string of the molecule is CN(C(=O)OC(C)(C)C)c1ccc(/C=C/c2ccc(OCCOCCOCCO[Si](C)(C)C(C)(C)C)cc2)cc1. The van der Waals surface area contributed by atoms with Crippen LogP contribution in [-0.4, -0.2) is 66.7 Å². The van der Waals surface area contributed by atoms with Crippen LogP contribution in [0.4, 0.5) is 10.5 Å². The molecule has 8 heteroatoms. The van der Waals surface area contributed by atoms with Gasteiger partial charge in [0.2, 0.25) is 0 Å². The maximum absolute atomic E-state index is 12.3. The molecule has 222 valence electrons. The van der Waals surface area contributed by atoms with E-state index >= 15 is 0 Å². The number of carbonyl (C=O) groups excluding carboxylic acids is 1. The standard InChI is InChI=1S/C32H49NO6Si/c1-31(2,3)39-30(34)33(7)28-16-12-26(13-17-28)10-11-27-14-18-29(19-15-27)37-24-22-35-20-21-36-23-25-38-40(8,9)32(4,5)6/h10-19H,20-25H2,1-9H3/b11-10+. The van der Waals surface area contributed by atoms with E-state index in [2.05, 4.69) is 33.9 Å². The maximum atomic E-state index is 12.3. The van der Waals surface area contributed by atoms with Crippen molar-refractivity contribution >= 4 is 32.3 Å². The van der Waals surface area contributed by atoms with Crippen molar-refractivity contribution in [2.45, 2.75) is 65.3 Å². The first-order valence-electron chi connectivity index (χ1n) is 14.0. The number of ether oxygens (including phenoxy) is 4. The zero-order valence-electron chi connectivity index (χ0n) is 25.9. The van der Waals surface area contributed by atoms with E-state index in [1.165, 1.54) is 4.90 Å². The number of rotatable bonds is 14. The molecule has 0 aromatic heterocycles. The summed E-state index contributed by atoms with van der Waals surface area (Å²) in [5.74, 6) is 0.800. The van der Waals surface area contributed by atoms with Gasteiger partial charge in [-0.05, 0) is 74.3 Å². The monoisotopic (exact) mass is 571 g/mol. The summed E-state index contributed by atoms with van der Waals surface area (Å²) in [7, 11) is -0.00192. The summed E-state index contributed by atoms with van der Waals surface area (Å²) < 4.78 is 28.5. The van der Waals surface area contributed by atoms with Crippen LogP contribution in [0.15, 0.2) is 48.5 Å². The Balaban J connectivity index is 1.63. The number of nitrogens with zero attached hydrogens (tertiary/aromatic N) is 1. The van der Waals surface area contributed by atoms with Crippen LogP contribution in [0, 0.1) is 0 Å². The molecule has 0 atom stereocenters. The van der Waals surface area contributed by atoms with Crippen LogP contribution in [0.2, 0.25) is 18.1 Å². The Morgan fingerprint density at radius 2 is 1.23 bits per heavy atom. The lowest BCUT2D eigenvalue weighted by molar-refractivity contribution is 0.0260. The Hall–Kier alpha value is -2.65. The van der Waals surface area contributed by atoms with Crippen molar-refractivity contribution < 1.29 is 28.2 Å². The summed E-state index contributed by atoms with van der Waals surface area (Å²) >= 11 is 0. The third-order valence-corrected chi connectivity index (χ3v) is 11.2. The number of hydrogen-bond donors (Lipinski definition) is 0. The summed E-state index contributed by atoms with van der Waals surface area (Å²) in [6.45, 7) is 20.0. The first-order valence-corrected chi connectivity index (χ1v) is 16.9. The van der Waals surface area contributed by atoms with Gasteiger partial charge in [0.15, 0.2) is 8.32 Å². The fraction of sp³-hybridized carbons (Fsp3) is 0.531. The van der Waals surface area contributed by atoms with Crippen molar-refractivity contribution in [2.24, 2.45) is 0 Å². The normalized spacial score (nSPS) is 12.5. The van der Waals surface area contributed by atoms with Gasteiger partial charge in [0.1, 0.15) is 18.0 Å². The van der Waals surface area contributed by atoms with Gasteiger partial charge in [0.05, 0.1) is 33.0 Å². The van der Waals surface area contributed by atoms with Gasteiger partial charge in [0, 0.05) is 12.7 Å². The summed E-state index contributed by atoms with van der Waals surface area (Å²) in [5.41, 5.74) is 2.34.